The summed E-state index contributed by atoms with van der Waals surface area (Å²) in [6, 6.07) is 8.52. The number of piperidine rings is 1. The Hall–Kier alpha value is -1.39. The van der Waals surface area contributed by atoms with Crippen LogP contribution in [-0.2, 0) is 17.9 Å². The second-order valence-corrected chi connectivity index (χ2v) is 6.49. The number of amides is 1. The molecular weight excluding hydrogens is 274 g/mol. The zero-order valence-corrected chi connectivity index (χ0v) is 13.3. The van der Waals surface area contributed by atoms with Crippen LogP contribution >= 0.6 is 0 Å². The van der Waals surface area contributed by atoms with Gasteiger partial charge in [-0.25, -0.2) is 0 Å². The number of hydrogen-bond donors (Lipinski definition) is 2. The fourth-order valence-corrected chi connectivity index (χ4v) is 3.48. The fraction of sp³-hybridized carbons (Fsp3) is 0.611. The molecule has 2 saturated heterocycles. The van der Waals surface area contributed by atoms with Crippen molar-refractivity contribution < 1.29 is 4.79 Å². The van der Waals surface area contributed by atoms with Crippen LogP contribution in [0.4, 0.5) is 0 Å². The molecular formula is C18H27N3O. The molecule has 0 bridgehead atoms. The Kier molecular flexibility index (Phi) is 5.46. The summed E-state index contributed by atoms with van der Waals surface area (Å²) in [5.74, 6) is 0.407. The van der Waals surface area contributed by atoms with Crippen LogP contribution in [0.5, 0.6) is 0 Å². The lowest BCUT2D eigenvalue weighted by atomic mass is 9.97. The molecule has 2 aliphatic rings. The highest BCUT2D eigenvalue weighted by Crippen LogP contribution is 2.17. The largest absolute Gasteiger partial charge is 0.352 e. The molecule has 2 N–H and O–H groups in total. The first kappa shape index (κ1) is 15.5. The third-order valence-electron chi connectivity index (χ3n) is 4.87. The lowest BCUT2D eigenvalue weighted by Crippen LogP contribution is -2.38. The van der Waals surface area contributed by atoms with Crippen LogP contribution in [0.2, 0.25) is 0 Å². The van der Waals surface area contributed by atoms with Crippen molar-refractivity contribution in [3.63, 3.8) is 0 Å². The van der Waals surface area contributed by atoms with E-state index in [1.807, 2.05) is 0 Å². The first-order valence-electron chi connectivity index (χ1n) is 8.60. The smallest absolute Gasteiger partial charge is 0.223 e. The van der Waals surface area contributed by atoms with Crippen molar-refractivity contribution in [2.75, 3.05) is 26.2 Å². The minimum atomic E-state index is 0.187. The van der Waals surface area contributed by atoms with E-state index in [-0.39, 0.29) is 11.8 Å². The van der Waals surface area contributed by atoms with E-state index >= 15 is 0 Å². The van der Waals surface area contributed by atoms with Gasteiger partial charge in [0.1, 0.15) is 0 Å². The molecule has 0 unspecified atom stereocenters. The third-order valence-corrected chi connectivity index (χ3v) is 4.87. The Morgan fingerprint density at radius 1 is 1.14 bits per heavy atom. The highest BCUT2D eigenvalue weighted by molar-refractivity contribution is 5.78. The standard InChI is InChI=1S/C18H27N3O/c22-18(15-7-9-19-10-8-15)20-13-16-5-1-2-6-17(16)14-21-11-3-4-12-21/h1-2,5-6,15,19H,3-4,7-14H2,(H,20,22). The van der Waals surface area contributed by atoms with Crippen molar-refractivity contribution in [3.05, 3.63) is 35.4 Å². The first-order valence-corrected chi connectivity index (χ1v) is 8.60. The van der Waals surface area contributed by atoms with E-state index in [9.17, 15) is 4.79 Å². The van der Waals surface area contributed by atoms with Gasteiger partial charge in [0.25, 0.3) is 0 Å². The Morgan fingerprint density at radius 2 is 1.82 bits per heavy atom. The van der Waals surface area contributed by atoms with Crippen molar-refractivity contribution in [1.29, 1.82) is 0 Å². The molecule has 3 rings (SSSR count). The Balaban J connectivity index is 1.56. The molecule has 4 heteroatoms. The average molecular weight is 301 g/mol. The van der Waals surface area contributed by atoms with E-state index in [0.717, 1.165) is 32.5 Å². The SMILES string of the molecule is O=C(NCc1ccccc1CN1CCCC1)C1CCNCC1. The van der Waals surface area contributed by atoms with Gasteiger partial charge in [-0.3, -0.25) is 9.69 Å². The molecule has 1 aromatic carbocycles. The molecule has 0 saturated carbocycles. The summed E-state index contributed by atoms with van der Waals surface area (Å²) < 4.78 is 0. The maximum absolute atomic E-state index is 12.3. The van der Waals surface area contributed by atoms with Crippen molar-refractivity contribution in [2.45, 2.75) is 38.8 Å². The summed E-state index contributed by atoms with van der Waals surface area (Å²) in [5, 5.41) is 6.46. The monoisotopic (exact) mass is 301 g/mol. The molecule has 22 heavy (non-hydrogen) atoms. The minimum absolute atomic E-state index is 0.187. The molecule has 2 aliphatic heterocycles. The fourth-order valence-electron chi connectivity index (χ4n) is 3.48. The van der Waals surface area contributed by atoms with Crippen LogP contribution in [0.1, 0.15) is 36.8 Å². The highest BCUT2D eigenvalue weighted by atomic mass is 16.1. The second-order valence-electron chi connectivity index (χ2n) is 6.49. The lowest BCUT2D eigenvalue weighted by Gasteiger charge is -2.22. The van der Waals surface area contributed by atoms with Gasteiger partial charge in [-0.2, -0.15) is 0 Å². The number of benzene rings is 1. The van der Waals surface area contributed by atoms with Crippen LogP contribution in [0.15, 0.2) is 24.3 Å². The maximum atomic E-state index is 12.3. The van der Waals surface area contributed by atoms with Crippen molar-refractivity contribution in [3.8, 4) is 0 Å². The van der Waals surface area contributed by atoms with Crippen LogP contribution < -0.4 is 10.6 Å². The van der Waals surface area contributed by atoms with Crippen LogP contribution in [-0.4, -0.2) is 37.0 Å². The summed E-state index contributed by atoms with van der Waals surface area (Å²) >= 11 is 0. The zero-order valence-electron chi connectivity index (χ0n) is 13.3. The summed E-state index contributed by atoms with van der Waals surface area (Å²) in [5.41, 5.74) is 2.62. The van der Waals surface area contributed by atoms with Gasteiger partial charge in [-0.15, -0.1) is 0 Å². The van der Waals surface area contributed by atoms with Gasteiger partial charge in [0.05, 0.1) is 0 Å². The van der Waals surface area contributed by atoms with Gasteiger partial charge in [0.2, 0.25) is 5.91 Å². The molecule has 2 heterocycles. The van der Waals surface area contributed by atoms with Gasteiger partial charge in [-0.1, -0.05) is 24.3 Å². The molecule has 0 spiro atoms. The van der Waals surface area contributed by atoms with Gasteiger partial charge in [0.15, 0.2) is 0 Å². The van der Waals surface area contributed by atoms with Crippen molar-refractivity contribution in [1.82, 2.24) is 15.5 Å². The van der Waals surface area contributed by atoms with E-state index in [1.165, 1.54) is 37.1 Å². The molecule has 0 aromatic heterocycles. The van der Waals surface area contributed by atoms with Crippen molar-refractivity contribution >= 4 is 5.91 Å². The first-order chi connectivity index (χ1) is 10.8. The maximum Gasteiger partial charge on any atom is 0.223 e. The number of nitrogens with one attached hydrogen (secondary N) is 2. The Labute approximate surface area is 133 Å². The Morgan fingerprint density at radius 3 is 2.55 bits per heavy atom. The predicted molar refractivity (Wildman–Crippen MR) is 88.4 cm³/mol. The topological polar surface area (TPSA) is 44.4 Å². The summed E-state index contributed by atoms with van der Waals surface area (Å²) in [6.45, 7) is 6.00. The highest BCUT2D eigenvalue weighted by Gasteiger charge is 2.21. The summed E-state index contributed by atoms with van der Waals surface area (Å²) in [4.78, 5) is 14.8. The van der Waals surface area contributed by atoms with Crippen LogP contribution in [0.25, 0.3) is 0 Å². The summed E-state index contributed by atoms with van der Waals surface area (Å²) in [7, 11) is 0. The van der Waals surface area contributed by atoms with Crippen molar-refractivity contribution in [2.24, 2.45) is 5.92 Å². The predicted octanol–water partition coefficient (Wildman–Crippen LogP) is 1.90. The molecule has 120 valence electrons. The Bertz CT molecular complexity index is 491. The molecule has 1 aromatic rings. The van der Waals surface area contributed by atoms with Crippen LogP contribution in [0, 0.1) is 5.92 Å². The van der Waals surface area contributed by atoms with E-state index in [0.29, 0.717) is 6.54 Å². The summed E-state index contributed by atoms with van der Waals surface area (Å²) in [6.07, 6.45) is 4.55. The normalized spacial score (nSPS) is 20.2. The van der Waals surface area contributed by atoms with Gasteiger partial charge in [0, 0.05) is 19.0 Å². The quantitative estimate of drug-likeness (QED) is 0.873. The van der Waals surface area contributed by atoms with E-state index in [4.69, 9.17) is 0 Å². The van der Waals surface area contributed by atoms with Crippen LogP contribution in [0.3, 0.4) is 0 Å². The lowest BCUT2D eigenvalue weighted by molar-refractivity contribution is -0.125. The number of carbonyl (C=O) groups excluding carboxylic acids is 1. The number of rotatable bonds is 5. The van der Waals surface area contributed by atoms with E-state index < -0.39 is 0 Å². The molecule has 0 atom stereocenters. The molecule has 1 amide bonds. The van der Waals surface area contributed by atoms with Gasteiger partial charge < -0.3 is 10.6 Å². The molecule has 2 fully saturated rings. The average Bonchev–Trinajstić information content (AvgIpc) is 3.07. The minimum Gasteiger partial charge on any atom is -0.352 e. The van der Waals surface area contributed by atoms with E-state index in [2.05, 4.69) is 39.8 Å². The van der Waals surface area contributed by atoms with E-state index in [1.54, 1.807) is 0 Å². The zero-order chi connectivity index (χ0) is 15.2. The molecule has 0 aliphatic carbocycles. The second kappa shape index (κ2) is 7.75. The number of hydrogen-bond acceptors (Lipinski definition) is 3. The van der Waals surface area contributed by atoms with Gasteiger partial charge in [-0.05, 0) is 63.0 Å². The molecule has 0 radical (unpaired) electrons. The number of nitrogens with zero attached hydrogens (tertiary/aromatic N) is 1. The van der Waals surface area contributed by atoms with Gasteiger partial charge >= 0.3 is 0 Å². The molecule has 4 nitrogen and oxygen atoms in total. The number of likely N-dealkylation sites (tertiary alicyclic amines) is 1. The third kappa shape index (κ3) is 4.08. The number of carbonyl (C=O) groups is 1.